The van der Waals surface area contributed by atoms with Crippen molar-refractivity contribution in [1.29, 1.82) is 0 Å². The Labute approximate surface area is 134 Å². The van der Waals surface area contributed by atoms with Crippen molar-refractivity contribution in [3.63, 3.8) is 0 Å². The van der Waals surface area contributed by atoms with Crippen molar-refractivity contribution in [3.8, 4) is 11.5 Å². The number of ether oxygens (including phenoxy) is 2. The van der Waals surface area contributed by atoms with Gasteiger partial charge in [0.05, 0.1) is 0 Å². The highest BCUT2D eigenvalue weighted by atomic mass is 19.1. The quantitative estimate of drug-likeness (QED) is 0.802. The highest BCUT2D eigenvalue weighted by Crippen LogP contribution is 2.45. The molecule has 0 aliphatic carbocycles. The zero-order chi connectivity index (χ0) is 15.4. The van der Waals surface area contributed by atoms with Gasteiger partial charge in [-0.05, 0) is 48.6 Å². The predicted molar refractivity (Wildman–Crippen MR) is 84.8 cm³/mol. The number of benzene rings is 2. The van der Waals surface area contributed by atoms with E-state index in [1.165, 1.54) is 11.1 Å². The monoisotopic (exact) mass is 310 g/mol. The van der Waals surface area contributed by atoms with Gasteiger partial charge < -0.3 is 14.4 Å². The number of fused-ring (bicyclic) bond motifs is 1. The summed E-state index contributed by atoms with van der Waals surface area (Å²) >= 11 is 0. The average molecular weight is 310 g/mol. The van der Waals surface area contributed by atoms with Crippen molar-refractivity contribution >= 4 is 5.69 Å². The molecule has 3 aliphatic rings. The first-order chi connectivity index (χ1) is 11.3. The van der Waals surface area contributed by atoms with Crippen LogP contribution in [0.5, 0.6) is 11.5 Å². The first kappa shape index (κ1) is 13.2. The van der Waals surface area contributed by atoms with Gasteiger partial charge in [-0.25, -0.2) is 4.39 Å². The number of halogens is 1. The molecule has 0 bridgehead atoms. The van der Waals surface area contributed by atoms with Crippen LogP contribution in [0.2, 0.25) is 0 Å². The van der Waals surface area contributed by atoms with Crippen molar-refractivity contribution in [1.82, 2.24) is 0 Å². The largest absolute Gasteiger partial charge is 0.454 e. The standard InChI is InChI=1S/C19H17FNO2/c20-16-5-4-14-13(7-9-21-8-1-2-15(16)19(14)21)12-3-6-17-18(10-12)23-11-22-17/h3-4,6,10,13H,1-2,7-9,11H2. The highest BCUT2D eigenvalue weighted by Gasteiger charge is 2.32. The van der Waals surface area contributed by atoms with Crippen molar-refractivity contribution in [2.45, 2.75) is 25.2 Å². The second kappa shape index (κ2) is 4.88. The van der Waals surface area contributed by atoms with Crippen LogP contribution in [-0.4, -0.2) is 19.9 Å². The Morgan fingerprint density at radius 1 is 1.17 bits per heavy atom. The molecule has 0 aromatic heterocycles. The maximum Gasteiger partial charge on any atom is 0.231 e. The van der Waals surface area contributed by atoms with E-state index in [2.05, 4.69) is 23.1 Å². The summed E-state index contributed by atoms with van der Waals surface area (Å²) < 4.78 is 25.1. The zero-order valence-corrected chi connectivity index (χ0v) is 12.8. The van der Waals surface area contributed by atoms with E-state index in [9.17, 15) is 4.39 Å². The van der Waals surface area contributed by atoms with Gasteiger partial charge in [0.25, 0.3) is 0 Å². The van der Waals surface area contributed by atoms with Gasteiger partial charge in [-0.2, -0.15) is 0 Å². The van der Waals surface area contributed by atoms with Crippen LogP contribution >= 0.6 is 0 Å². The molecule has 0 spiro atoms. The van der Waals surface area contributed by atoms with E-state index in [1.54, 1.807) is 0 Å². The van der Waals surface area contributed by atoms with Crippen LogP contribution < -0.4 is 14.4 Å². The molecule has 1 unspecified atom stereocenters. The lowest BCUT2D eigenvalue weighted by molar-refractivity contribution is 0.174. The molecule has 1 atom stereocenters. The van der Waals surface area contributed by atoms with Gasteiger partial charge in [-0.1, -0.05) is 6.07 Å². The van der Waals surface area contributed by atoms with E-state index in [4.69, 9.17) is 9.47 Å². The molecule has 1 radical (unpaired) electrons. The maximum absolute atomic E-state index is 14.2. The Balaban J connectivity index is 1.63. The smallest absolute Gasteiger partial charge is 0.231 e. The lowest BCUT2D eigenvalue weighted by atomic mass is 9.81. The SMILES string of the molecule is Fc1[c]cc2c3c1CCCN3CCC2c1ccc2c(c1)OCO2. The molecular formula is C19H17FNO2. The fourth-order valence-electron chi connectivity index (χ4n) is 4.14. The number of hydrogen-bond acceptors (Lipinski definition) is 3. The molecule has 2 aromatic rings. The summed E-state index contributed by atoms with van der Waals surface area (Å²) in [6, 6.07) is 10.8. The van der Waals surface area contributed by atoms with Gasteiger partial charge >= 0.3 is 0 Å². The van der Waals surface area contributed by atoms with Crippen LogP contribution in [0.1, 0.15) is 35.4 Å². The molecule has 0 saturated carbocycles. The van der Waals surface area contributed by atoms with Crippen LogP contribution in [-0.2, 0) is 6.42 Å². The second-order valence-corrected chi connectivity index (χ2v) is 6.43. The summed E-state index contributed by atoms with van der Waals surface area (Å²) in [5.41, 5.74) is 4.37. The topological polar surface area (TPSA) is 21.7 Å². The fourth-order valence-corrected chi connectivity index (χ4v) is 4.14. The summed E-state index contributed by atoms with van der Waals surface area (Å²) in [7, 11) is 0. The van der Waals surface area contributed by atoms with Gasteiger partial charge in [-0.15, -0.1) is 0 Å². The maximum atomic E-state index is 14.2. The van der Waals surface area contributed by atoms with E-state index < -0.39 is 0 Å². The molecule has 0 saturated heterocycles. The van der Waals surface area contributed by atoms with E-state index in [0.29, 0.717) is 0 Å². The highest BCUT2D eigenvalue weighted by molar-refractivity contribution is 5.66. The Morgan fingerprint density at radius 2 is 2.09 bits per heavy atom. The Morgan fingerprint density at radius 3 is 3.04 bits per heavy atom. The Kier molecular flexibility index (Phi) is 2.81. The minimum absolute atomic E-state index is 0.181. The molecule has 117 valence electrons. The predicted octanol–water partition coefficient (Wildman–Crippen LogP) is 3.64. The number of nitrogens with zero attached hydrogens (tertiary/aromatic N) is 1. The van der Waals surface area contributed by atoms with Gasteiger partial charge in [0.15, 0.2) is 11.5 Å². The third-order valence-corrected chi connectivity index (χ3v) is 5.21. The molecule has 3 heterocycles. The first-order valence-corrected chi connectivity index (χ1v) is 8.19. The van der Waals surface area contributed by atoms with Gasteiger partial charge in [0.1, 0.15) is 5.82 Å². The fraction of sp³-hybridized carbons (Fsp3) is 0.368. The molecule has 3 nitrogen and oxygen atoms in total. The molecule has 0 fully saturated rings. The summed E-state index contributed by atoms with van der Waals surface area (Å²) in [6.45, 7) is 2.29. The minimum Gasteiger partial charge on any atom is -0.454 e. The van der Waals surface area contributed by atoms with Gasteiger partial charge in [0.2, 0.25) is 6.79 Å². The first-order valence-electron chi connectivity index (χ1n) is 8.19. The van der Waals surface area contributed by atoms with Crippen molar-refractivity contribution in [2.75, 3.05) is 24.8 Å². The Bertz CT molecular complexity index is 789. The van der Waals surface area contributed by atoms with E-state index in [-0.39, 0.29) is 18.5 Å². The number of hydrogen-bond donors (Lipinski definition) is 0. The molecule has 4 heteroatoms. The van der Waals surface area contributed by atoms with Crippen molar-refractivity contribution in [2.24, 2.45) is 0 Å². The van der Waals surface area contributed by atoms with E-state index >= 15 is 0 Å². The molecule has 0 N–H and O–H groups in total. The third kappa shape index (κ3) is 1.94. The van der Waals surface area contributed by atoms with Crippen LogP contribution in [0.15, 0.2) is 24.3 Å². The van der Waals surface area contributed by atoms with E-state index in [0.717, 1.165) is 55.1 Å². The van der Waals surface area contributed by atoms with E-state index in [1.807, 2.05) is 12.1 Å². The second-order valence-electron chi connectivity index (χ2n) is 6.43. The summed E-state index contributed by atoms with van der Waals surface area (Å²) in [4.78, 5) is 2.34. The zero-order valence-electron chi connectivity index (χ0n) is 12.8. The van der Waals surface area contributed by atoms with Crippen molar-refractivity contribution in [3.05, 3.63) is 52.8 Å². The molecule has 5 rings (SSSR count). The third-order valence-electron chi connectivity index (χ3n) is 5.21. The lowest BCUT2D eigenvalue weighted by Crippen LogP contribution is -2.36. The average Bonchev–Trinajstić information content (AvgIpc) is 3.05. The Hall–Kier alpha value is -2.23. The van der Waals surface area contributed by atoms with Crippen LogP contribution in [0.3, 0.4) is 0 Å². The molecule has 23 heavy (non-hydrogen) atoms. The minimum atomic E-state index is -0.181. The van der Waals surface area contributed by atoms with Gasteiger partial charge in [-0.3, -0.25) is 0 Å². The molecule has 2 aromatic carbocycles. The molecule has 3 aliphatic heterocycles. The lowest BCUT2D eigenvalue weighted by Gasteiger charge is -2.40. The summed E-state index contributed by atoms with van der Waals surface area (Å²) in [6.07, 6.45) is 2.87. The van der Waals surface area contributed by atoms with Gasteiger partial charge in [0, 0.05) is 36.3 Å². The van der Waals surface area contributed by atoms with Crippen LogP contribution in [0, 0.1) is 11.9 Å². The molecular weight excluding hydrogens is 293 g/mol. The van der Waals surface area contributed by atoms with Crippen LogP contribution in [0.25, 0.3) is 0 Å². The molecule has 0 amide bonds. The number of anilines is 1. The number of rotatable bonds is 1. The van der Waals surface area contributed by atoms with Crippen LogP contribution in [0.4, 0.5) is 10.1 Å². The summed E-state index contributed by atoms with van der Waals surface area (Å²) in [5.74, 6) is 1.70. The normalized spacial score (nSPS) is 21.3. The van der Waals surface area contributed by atoms with Crippen molar-refractivity contribution < 1.29 is 13.9 Å². The summed E-state index contributed by atoms with van der Waals surface area (Å²) in [5, 5.41) is 0.